The average Bonchev–Trinajstić information content (AvgIpc) is 2.67. The molecule has 0 atom stereocenters. The summed E-state index contributed by atoms with van der Waals surface area (Å²) in [5, 5.41) is 11.1. The maximum Gasteiger partial charge on any atom is 0.249 e. The number of anilines is 3. The molecule has 2 heterocycles. The molecule has 0 aliphatic carbocycles. The second-order valence-corrected chi connectivity index (χ2v) is 5.93. The lowest BCUT2D eigenvalue weighted by Crippen LogP contribution is -2.22. The van der Waals surface area contributed by atoms with Crippen LogP contribution in [0.25, 0.3) is 0 Å². The predicted octanol–water partition coefficient (Wildman–Crippen LogP) is 2.89. The molecular formula is C19H20N6O. The van der Waals surface area contributed by atoms with Crippen molar-refractivity contribution in [1.82, 2.24) is 20.2 Å². The molecule has 3 aromatic rings. The molecule has 1 aromatic carbocycles. The zero-order chi connectivity index (χ0) is 18.4. The third-order valence-corrected chi connectivity index (χ3v) is 3.95. The van der Waals surface area contributed by atoms with E-state index in [1.165, 1.54) is 12.5 Å². The largest absolute Gasteiger partial charge is 0.358 e. The van der Waals surface area contributed by atoms with Gasteiger partial charge >= 0.3 is 0 Å². The van der Waals surface area contributed by atoms with Crippen LogP contribution < -0.4 is 10.2 Å². The molecule has 0 aliphatic heterocycles. The number of carbonyl (C=O) groups is 1. The van der Waals surface area contributed by atoms with Gasteiger partial charge in [-0.15, -0.1) is 5.10 Å². The quantitative estimate of drug-likeness (QED) is 0.657. The number of pyridine rings is 1. The monoisotopic (exact) mass is 348 g/mol. The standard InChI is InChI=1S/C19H20N6O/c1-14(26)16-4-3-5-17(12-16)22-19-23-18(13-21-24-19)25(2)11-8-15-6-9-20-10-7-15/h3-7,9-10,12-13H,8,11H2,1-2H3,(H,22,23,24). The van der Waals surface area contributed by atoms with Gasteiger partial charge in [0.15, 0.2) is 11.6 Å². The van der Waals surface area contributed by atoms with Gasteiger partial charge in [0.1, 0.15) is 0 Å². The SMILES string of the molecule is CC(=O)c1cccc(Nc2nncc(N(C)CCc3ccncc3)n2)c1. The molecular weight excluding hydrogens is 328 g/mol. The average molecular weight is 348 g/mol. The summed E-state index contributed by atoms with van der Waals surface area (Å²) < 4.78 is 0. The zero-order valence-corrected chi connectivity index (χ0v) is 14.8. The molecule has 0 unspecified atom stereocenters. The van der Waals surface area contributed by atoms with Crippen LogP contribution in [0.3, 0.4) is 0 Å². The molecule has 0 amide bonds. The molecule has 0 bridgehead atoms. The lowest BCUT2D eigenvalue weighted by Gasteiger charge is -2.18. The minimum atomic E-state index is 0.0114. The van der Waals surface area contributed by atoms with Gasteiger partial charge in [-0.25, -0.2) is 0 Å². The maximum absolute atomic E-state index is 11.5. The Hall–Kier alpha value is -3.35. The number of aromatic nitrogens is 4. The van der Waals surface area contributed by atoms with Crippen LogP contribution in [0.1, 0.15) is 22.8 Å². The van der Waals surface area contributed by atoms with Crippen molar-refractivity contribution in [2.75, 3.05) is 23.8 Å². The number of hydrogen-bond acceptors (Lipinski definition) is 7. The lowest BCUT2D eigenvalue weighted by molar-refractivity contribution is 0.101. The molecule has 1 N–H and O–H groups in total. The Morgan fingerprint density at radius 3 is 2.77 bits per heavy atom. The van der Waals surface area contributed by atoms with E-state index in [0.717, 1.165) is 24.5 Å². The van der Waals surface area contributed by atoms with Crippen molar-refractivity contribution < 1.29 is 4.79 Å². The number of hydrogen-bond donors (Lipinski definition) is 1. The molecule has 0 aliphatic rings. The molecule has 7 nitrogen and oxygen atoms in total. The fraction of sp³-hybridized carbons (Fsp3) is 0.211. The first-order valence-electron chi connectivity index (χ1n) is 8.29. The second-order valence-electron chi connectivity index (χ2n) is 5.93. The second kappa shape index (κ2) is 8.15. The van der Waals surface area contributed by atoms with Gasteiger partial charge in [-0.1, -0.05) is 12.1 Å². The van der Waals surface area contributed by atoms with E-state index in [1.54, 1.807) is 30.7 Å². The van der Waals surface area contributed by atoms with Gasteiger partial charge in [0, 0.05) is 37.2 Å². The molecule has 2 aromatic heterocycles. The first kappa shape index (κ1) is 17.5. The number of nitrogens with zero attached hydrogens (tertiary/aromatic N) is 5. The predicted molar refractivity (Wildman–Crippen MR) is 101 cm³/mol. The highest BCUT2D eigenvalue weighted by Gasteiger charge is 2.07. The Labute approximate surface area is 152 Å². The van der Waals surface area contributed by atoms with E-state index in [4.69, 9.17) is 0 Å². The third-order valence-electron chi connectivity index (χ3n) is 3.95. The minimum absolute atomic E-state index is 0.0114. The van der Waals surface area contributed by atoms with Crippen molar-refractivity contribution in [3.63, 3.8) is 0 Å². The van der Waals surface area contributed by atoms with E-state index in [-0.39, 0.29) is 5.78 Å². The molecule has 0 radical (unpaired) electrons. The summed E-state index contributed by atoms with van der Waals surface area (Å²) in [4.78, 5) is 22.0. The highest BCUT2D eigenvalue weighted by Crippen LogP contribution is 2.17. The van der Waals surface area contributed by atoms with Gasteiger partial charge in [0.2, 0.25) is 5.95 Å². The fourth-order valence-corrected chi connectivity index (χ4v) is 2.44. The molecule has 0 saturated carbocycles. The molecule has 132 valence electrons. The summed E-state index contributed by atoms with van der Waals surface area (Å²) >= 11 is 0. The smallest absolute Gasteiger partial charge is 0.249 e. The van der Waals surface area contributed by atoms with Gasteiger partial charge in [-0.3, -0.25) is 9.78 Å². The summed E-state index contributed by atoms with van der Waals surface area (Å²) in [7, 11) is 1.96. The Morgan fingerprint density at radius 2 is 2.00 bits per heavy atom. The molecule has 0 spiro atoms. The molecule has 0 saturated heterocycles. The van der Waals surface area contributed by atoms with Gasteiger partial charge in [0.05, 0.1) is 6.20 Å². The van der Waals surface area contributed by atoms with Crippen LogP contribution in [0.4, 0.5) is 17.5 Å². The number of carbonyl (C=O) groups excluding carboxylic acids is 1. The van der Waals surface area contributed by atoms with Crippen LogP contribution in [0.15, 0.2) is 55.0 Å². The summed E-state index contributed by atoms with van der Waals surface area (Å²) in [6.07, 6.45) is 6.09. The van der Waals surface area contributed by atoms with Crippen molar-refractivity contribution in [3.05, 3.63) is 66.1 Å². The summed E-state index contributed by atoms with van der Waals surface area (Å²) in [6, 6.07) is 11.2. The van der Waals surface area contributed by atoms with E-state index in [0.29, 0.717) is 11.5 Å². The van der Waals surface area contributed by atoms with Gasteiger partial charge in [0.25, 0.3) is 0 Å². The topological polar surface area (TPSA) is 83.9 Å². The van der Waals surface area contributed by atoms with E-state index in [1.807, 2.05) is 36.2 Å². The van der Waals surface area contributed by atoms with Crippen LogP contribution in [-0.2, 0) is 6.42 Å². The lowest BCUT2D eigenvalue weighted by atomic mass is 10.1. The van der Waals surface area contributed by atoms with E-state index < -0.39 is 0 Å². The summed E-state index contributed by atoms with van der Waals surface area (Å²) in [5.41, 5.74) is 2.60. The Balaban J connectivity index is 1.67. The Kier molecular flexibility index (Phi) is 5.48. The van der Waals surface area contributed by atoms with Crippen molar-refractivity contribution in [2.45, 2.75) is 13.3 Å². The van der Waals surface area contributed by atoms with E-state index in [9.17, 15) is 4.79 Å². The normalized spacial score (nSPS) is 10.4. The van der Waals surface area contributed by atoms with Gasteiger partial charge in [-0.2, -0.15) is 10.1 Å². The number of ketones is 1. The number of likely N-dealkylation sites (N-methyl/N-ethyl adjacent to an activating group) is 1. The first-order chi connectivity index (χ1) is 12.6. The van der Waals surface area contributed by atoms with Crippen molar-refractivity contribution in [1.29, 1.82) is 0 Å². The molecule has 26 heavy (non-hydrogen) atoms. The fourth-order valence-electron chi connectivity index (χ4n) is 2.44. The molecule has 3 rings (SSSR count). The number of benzene rings is 1. The third kappa shape index (κ3) is 4.60. The van der Waals surface area contributed by atoms with Crippen LogP contribution in [0.5, 0.6) is 0 Å². The van der Waals surface area contributed by atoms with Crippen LogP contribution in [-0.4, -0.2) is 39.5 Å². The molecule has 7 heteroatoms. The number of nitrogens with one attached hydrogen (secondary N) is 1. The highest BCUT2D eigenvalue weighted by molar-refractivity contribution is 5.95. The van der Waals surface area contributed by atoms with Crippen LogP contribution in [0.2, 0.25) is 0 Å². The van der Waals surface area contributed by atoms with Crippen LogP contribution >= 0.6 is 0 Å². The van der Waals surface area contributed by atoms with E-state index in [2.05, 4.69) is 25.5 Å². The van der Waals surface area contributed by atoms with Crippen LogP contribution in [0, 0.1) is 0 Å². The van der Waals surface area contributed by atoms with E-state index >= 15 is 0 Å². The van der Waals surface area contributed by atoms with Gasteiger partial charge < -0.3 is 10.2 Å². The van der Waals surface area contributed by atoms with Gasteiger partial charge in [-0.05, 0) is 43.2 Å². The van der Waals surface area contributed by atoms with Crippen molar-refractivity contribution >= 4 is 23.2 Å². The minimum Gasteiger partial charge on any atom is -0.358 e. The molecule has 0 fully saturated rings. The zero-order valence-electron chi connectivity index (χ0n) is 14.8. The maximum atomic E-state index is 11.5. The number of rotatable bonds is 7. The summed E-state index contributed by atoms with van der Waals surface area (Å²) in [5.74, 6) is 1.12. The summed E-state index contributed by atoms with van der Waals surface area (Å²) in [6.45, 7) is 2.33. The van der Waals surface area contributed by atoms with Crippen molar-refractivity contribution in [2.24, 2.45) is 0 Å². The van der Waals surface area contributed by atoms with Crippen molar-refractivity contribution in [3.8, 4) is 0 Å². The Morgan fingerprint density at radius 1 is 1.19 bits per heavy atom. The highest BCUT2D eigenvalue weighted by atomic mass is 16.1. The Bertz CT molecular complexity index is 884. The number of Topliss-reactive ketones (excluding diaryl/α,β-unsaturated/α-hetero) is 1. The first-order valence-corrected chi connectivity index (χ1v) is 8.29.